The second-order valence-electron chi connectivity index (χ2n) is 3.61. The molecule has 1 unspecified atom stereocenters. The van der Waals surface area contributed by atoms with Crippen molar-refractivity contribution in [3.8, 4) is 11.8 Å². The van der Waals surface area contributed by atoms with E-state index in [-0.39, 0.29) is 12.6 Å². The van der Waals surface area contributed by atoms with E-state index in [0.29, 0.717) is 6.54 Å². The van der Waals surface area contributed by atoms with Gasteiger partial charge in [-0.15, -0.1) is 0 Å². The highest BCUT2D eigenvalue weighted by Crippen LogP contribution is 1.96. The number of rotatable bonds is 3. The molecule has 80 valence electrons. The number of likely N-dealkylation sites (N-methyl/N-ethyl adjacent to an activating group) is 1. The predicted octanol–water partition coefficient (Wildman–Crippen LogP) is 1.35. The molecule has 0 spiro atoms. The van der Waals surface area contributed by atoms with Gasteiger partial charge in [-0.25, -0.2) is 0 Å². The maximum atomic E-state index is 8.93. The molecule has 0 saturated carbocycles. The Kier molecular flexibility index (Phi) is 4.89. The second kappa shape index (κ2) is 6.23. The van der Waals surface area contributed by atoms with Crippen LogP contribution < -0.4 is 0 Å². The molecule has 1 N–H and O–H groups in total. The zero-order valence-corrected chi connectivity index (χ0v) is 9.27. The molecule has 0 aromatic heterocycles. The molecule has 0 radical (unpaired) electrons. The van der Waals surface area contributed by atoms with E-state index in [1.165, 1.54) is 0 Å². The van der Waals surface area contributed by atoms with Gasteiger partial charge in [-0.2, -0.15) is 0 Å². The molecule has 0 amide bonds. The van der Waals surface area contributed by atoms with E-state index in [1.807, 2.05) is 49.2 Å². The Bertz CT molecular complexity index is 337. The van der Waals surface area contributed by atoms with E-state index < -0.39 is 0 Å². The monoisotopic (exact) mass is 203 g/mol. The van der Waals surface area contributed by atoms with E-state index in [4.69, 9.17) is 5.11 Å². The van der Waals surface area contributed by atoms with Gasteiger partial charge in [0.2, 0.25) is 0 Å². The van der Waals surface area contributed by atoms with E-state index in [2.05, 4.69) is 11.8 Å². The predicted molar refractivity (Wildman–Crippen MR) is 62.5 cm³/mol. The number of hydrogen-bond acceptors (Lipinski definition) is 2. The fraction of sp³-hybridized carbons (Fsp3) is 0.385. The van der Waals surface area contributed by atoms with Crippen LogP contribution >= 0.6 is 0 Å². The zero-order chi connectivity index (χ0) is 11.1. The van der Waals surface area contributed by atoms with Gasteiger partial charge in [0.25, 0.3) is 0 Å². The molecular formula is C13H17NO. The van der Waals surface area contributed by atoms with Crippen molar-refractivity contribution in [3.63, 3.8) is 0 Å². The largest absolute Gasteiger partial charge is 0.395 e. The molecule has 0 bridgehead atoms. The van der Waals surface area contributed by atoms with Crippen LogP contribution in [-0.4, -0.2) is 36.2 Å². The van der Waals surface area contributed by atoms with Crippen LogP contribution in [0.3, 0.4) is 0 Å². The van der Waals surface area contributed by atoms with Gasteiger partial charge in [-0.05, 0) is 26.1 Å². The molecule has 15 heavy (non-hydrogen) atoms. The molecule has 1 atom stereocenters. The van der Waals surface area contributed by atoms with Crippen LogP contribution in [0.2, 0.25) is 0 Å². The minimum atomic E-state index is 0.162. The van der Waals surface area contributed by atoms with Gasteiger partial charge in [0.05, 0.1) is 13.2 Å². The summed E-state index contributed by atoms with van der Waals surface area (Å²) in [4.78, 5) is 2.02. The highest BCUT2D eigenvalue weighted by Gasteiger charge is 2.04. The summed E-state index contributed by atoms with van der Waals surface area (Å²) < 4.78 is 0. The third-order valence-corrected chi connectivity index (χ3v) is 2.35. The Morgan fingerprint density at radius 3 is 2.60 bits per heavy atom. The number of aliphatic hydroxyl groups is 1. The number of nitrogens with zero attached hydrogens (tertiary/aromatic N) is 1. The average Bonchev–Trinajstić information content (AvgIpc) is 2.29. The van der Waals surface area contributed by atoms with Gasteiger partial charge in [0.15, 0.2) is 0 Å². The average molecular weight is 203 g/mol. The smallest absolute Gasteiger partial charge is 0.0605 e. The lowest BCUT2D eigenvalue weighted by Gasteiger charge is -2.19. The van der Waals surface area contributed by atoms with Gasteiger partial charge < -0.3 is 5.11 Å². The summed E-state index contributed by atoms with van der Waals surface area (Å²) in [6.07, 6.45) is 0. The second-order valence-corrected chi connectivity index (χ2v) is 3.61. The van der Waals surface area contributed by atoms with Crippen molar-refractivity contribution in [2.75, 3.05) is 20.2 Å². The van der Waals surface area contributed by atoms with Crippen LogP contribution in [0.25, 0.3) is 0 Å². The molecule has 1 rings (SSSR count). The molecule has 0 aliphatic carbocycles. The first kappa shape index (κ1) is 11.8. The van der Waals surface area contributed by atoms with Crippen LogP contribution in [0, 0.1) is 11.8 Å². The highest BCUT2D eigenvalue weighted by atomic mass is 16.3. The molecule has 0 aliphatic rings. The SMILES string of the molecule is CC(CO)N(C)CC#Cc1ccccc1. The molecule has 2 nitrogen and oxygen atoms in total. The summed E-state index contributed by atoms with van der Waals surface area (Å²) in [5.41, 5.74) is 1.03. The Morgan fingerprint density at radius 1 is 1.33 bits per heavy atom. The van der Waals surface area contributed by atoms with Crippen molar-refractivity contribution in [1.82, 2.24) is 4.90 Å². The standard InChI is InChI=1S/C13H17NO/c1-12(11-15)14(2)10-6-9-13-7-4-3-5-8-13/h3-5,7-8,12,15H,10-11H2,1-2H3. The first-order valence-electron chi connectivity index (χ1n) is 5.09. The summed E-state index contributed by atoms with van der Waals surface area (Å²) in [6, 6.07) is 10.1. The summed E-state index contributed by atoms with van der Waals surface area (Å²) in [6.45, 7) is 2.82. The fourth-order valence-corrected chi connectivity index (χ4v) is 1.08. The molecule has 1 aromatic rings. The molecule has 0 fully saturated rings. The minimum absolute atomic E-state index is 0.162. The highest BCUT2D eigenvalue weighted by molar-refractivity contribution is 5.33. The fourth-order valence-electron chi connectivity index (χ4n) is 1.08. The van der Waals surface area contributed by atoms with Crippen molar-refractivity contribution in [2.45, 2.75) is 13.0 Å². The van der Waals surface area contributed by atoms with Crippen molar-refractivity contribution in [3.05, 3.63) is 35.9 Å². The Labute approximate surface area is 91.5 Å². The van der Waals surface area contributed by atoms with E-state index in [0.717, 1.165) is 5.56 Å². The summed E-state index contributed by atoms with van der Waals surface area (Å²) in [7, 11) is 1.96. The number of aliphatic hydroxyl groups excluding tert-OH is 1. The van der Waals surface area contributed by atoms with Crippen LogP contribution in [0.1, 0.15) is 12.5 Å². The zero-order valence-electron chi connectivity index (χ0n) is 9.27. The number of hydrogen-bond donors (Lipinski definition) is 1. The third-order valence-electron chi connectivity index (χ3n) is 2.35. The van der Waals surface area contributed by atoms with Crippen LogP contribution in [-0.2, 0) is 0 Å². The van der Waals surface area contributed by atoms with Gasteiger partial charge in [0, 0.05) is 11.6 Å². The molecule has 0 heterocycles. The van der Waals surface area contributed by atoms with Crippen LogP contribution in [0.5, 0.6) is 0 Å². The van der Waals surface area contributed by atoms with E-state index >= 15 is 0 Å². The lowest BCUT2D eigenvalue weighted by Crippen LogP contribution is -2.32. The molecule has 0 aliphatic heterocycles. The van der Waals surface area contributed by atoms with Crippen molar-refractivity contribution < 1.29 is 5.11 Å². The van der Waals surface area contributed by atoms with Gasteiger partial charge in [0.1, 0.15) is 0 Å². The van der Waals surface area contributed by atoms with E-state index in [1.54, 1.807) is 0 Å². The summed E-state index contributed by atoms with van der Waals surface area (Å²) >= 11 is 0. The first-order valence-corrected chi connectivity index (χ1v) is 5.09. The normalized spacial score (nSPS) is 12.0. The van der Waals surface area contributed by atoms with E-state index in [9.17, 15) is 0 Å². The quantitative estimate of drug-likeness (QED) is 0.750. The Morgan fingerprint density at radius 2 is 2.00 bits per heavy atom. The van der Waals surface area contributed by atoms with Crippen LogP contribution in [0.4, 0.5) is 0 Å². The minimum Gasteiger partial charge on any atom is -0.395 e. The third kappa shape index (κ3) is 4.16. The Balaban J connectivity index is 2.47. The van der Waals surface area contributed by atoms with Crippen molar-refractivity contribution in [1.29, 1.82) is 0 Å². The van der Waals surface area contributed by atoms with Crippen LogP contribution in [0.15, 0.2) is 30.3 Å². The maximum Gasteiger partial charge on any atom is 0.0605 e. The first-order chi connectivity index (χ1) is 7.24. The molecule has 0 saturated heterocycles. The molecular weight excluding hydrogens is 186 g/mol. The lowest BCUT2D eigenvalue weighted by atomic mass is 10.2. The van der Waals surface area contributed by atoms with Crippen molar-refractivity contribution >= 4 is 0 Å². The Hall–Kier alpha value is -1.30. The summed E-state index contributed by atoms with van der Waals surface area (Å²) in [5.74, 6) is 6.16. The van der Waals surface area contributed by atoms with Gasteiger partial charge >= 0.3 is 0 Å². The van der Waals surface area contributed by atoms with Crippen molar-refractivity contribution in [2.24, 2.45) is 0 Å². The van der Waals surface area contributed by atoms with Gasteiger partial charge in [-0.1, -0.05) is 30.0 Å². The molecule has 2 heteroatoms. The summed E-state index contributed by atoms with van der Waals surface area (Å²) in [5, 5.41) is 8.93. The maximum absolute atomic E-state index is 8.93. The topological polar surface area (TPSA) is 23.5 Å². The lowest BCUT2D eigenvalue weighted by molar-refractivity contribution is 0.171. The number of benzene rings is 1. The van der Waals surface area contributed by atoms with Gasteiger partial charge in [-0.3, -0.25) is 4.90 Å². The molecule has 1 aromatic carbocycles.